The first-order valence-electron chi connectivity index (χ1n) is 9.32. The van der Waals surface area contributed by atoms with E-state index in [0.717, 1.165) is 36.8 Å². The van der Waals surface area contributed by atoms with Gasteiger partial charge >= 0.3 is 5.95 Å². The van der Waals surface area contributed by atoms with E-state index in [-0.39, 0.29) is 6.04 Å². The molecule has 0 spiro atoms. The van der Waals surface area contributed by atoms with E-state index in [9.17, 15) is 0 Å². The summed E-state index contributed by atoms with van der Waals surface area (Å²) in [5, 5.41) is 0. The number of piperidine rings is 1. The topological polar surface area (TPSA) is 51.4 Å². The lowest BCUT2D eigenvalue weighted by Crippen LogP contribution is -2.38. The fraction of sp³-hybridized carbons (Fsp3) is 0.600. The van der Waals surface area contributed by atoms with Crippen molar-refractivity contribution in [2.75, 3.05) is 19.7 Å². The van der Waals surface area contributed by atoms with E-state index in [1.807, 2.05) is 6.92 Å². The van der Waals surface area contributed by atoms with E-state index in [0.29, 0.717) is 18.5 Å². The van der Waals surface area contributed by atoms with Gasteiger partial charge in [-0.3, -0.25) is 9.88 Å². The molecule has 5 nitrogen and oxygen atoms in total. The molecule has 136 valence electrons. The second-order valence-corrected chi connectivity index (χ2v) is 7.09. The molecule has 2 aromatic heterocycles. The molecule has 1 fully saturated rings. The van der Waals surface area contributed by atoms with Crippen molar-refractivity contribution in [1.82, 2.24) is 14.9 Å². The molecule has 0 N–H and O–H groups in total. The Labute approximate surface area is 150 Å². The molecular formula is C20H29N3O2. The Bertz CT molecular complexity index is 678. The van der Waals surface area contributed by atoms with Crippen molar-refractivity contribution >= 4 is 0 Å². The van der Waals surface area contributed by atoms with Crippen LogP contribution in [0.25, 0.3) is 0 Å². The minimum absolute atomic E-state index is 0.179. The van der Waals surface area contributed by atoms with Gasteiger partial charge in [0.05, 0.1) is 12.6 Å². The summed E-state index contributed by atoms with van der Waals surface area (Å²) in [5.74, 6) is 1.93. The third kappa shape index (κ3) is 4.60. The standard InChI is InChI=1S/C20H29N3O2/c1-5-24-19-12-21-20(25-19)16(4)23-8-6-7-17(13-23)11-18-9-14(2)22-15(3)10-18/h9-10,12,16-17H,5-8,11,13H2,1-4H3/t16?,17-/m1/s1. The molecule has 1 unspecified atom stereocenters. The van der Waals surface area contributed by atoms with Gasteiger partial charge in [0.15, 0.2) is 0 Å². The molecular weight excluding hydrogens is 314 g/mol. The quantitative estimate of drug-likeness (QED) is 0.790. The molecule has 1 aliphatic heterocycles. The summed E-state index contributed by atoms with van der Waals surface area (Å²) >= 11 is 0. The molecule has 1 aliphatic rings. The zero-order valence-electron chi connectivity index (χ0n) is 15.8. The first-order chi connectivity index (χ1) is 12.0. The predicted octanol–water partition coefficient (Wildman–Crippen LogP) is 4.10. The molecule has 3 heterocycles. The molecule has 1 saturated heterocycles. The van der Waals surface area contributed by atoms with E-state index in [4.69, 9.17) is 9.15 Å². The number of rotatable bonds is 6. The first-order valence-corrected chi connectivity index (χ1v) is 9.32. The van der Waals surface area contributed by atoms with Crippen LogP contribution in [0.1, 0.15) is 55.6 Å². The fourth-order valence-electron chi connectivity index (χ4n) is 3.82. The molecule has 25 heavy (non-hydrogen) atoms. The van der Waals surface area contributed by atoms with Gasteiger partial charge in [-0.15, -0.1) is 0 Å². The molecule has 2 aromatic rings. The fourth-order valence-corrected chi connectivity index (χ4v) is 3.82. The van der Waals surface area contributed by atoms with Gasteiger partial charge in [-0.2, -0.15) is 0 Å². The maximum absolute atomic E-state index is 5.74. The smallest absolute Gasteiger partial charge is 0.305 e. The Morgan fingerprint density at radius 3 is 2.80 bits per heavy atom. The van der Waals surface area contributed by atoms with Gasteiger partial charge in [-0.05, 0) is 77.1 Å². The Balaban J connectivity index is 1.63. The van der Waals surface area contributed by atoms with E-state index in [1.165, 1.54) is 18.4 Å². The largest absolute Gasteiger partial charge is 0.464 e. The zero-order valence-corrected chi connectivity index (χ0v) is 15.8. The van der Waals surface area contributed by atoms with Crippen LogP contribution in [-0.4, -0.2) is 34.6 Å². The van der Waals surface area contributed by atoms with Gasteiger partial charge in [0.1, 0.15) is 6.20 Å². The Morgan fingerprint density at radius 2 is 2.08 bits per heavy atom. The second-order valence-electron chi connectivity index (χ2n) is 7.09. The normalized spacial score (nSPS) is 19.8. The Kier molecular flexibility index (Phi) is 5.74. The van der Waals surface area contributed by atoms with Crippen molar-refractivity contribution in [2.24, 2.45) is 5.92 Å². The molecule has 0 aromatic carbocycles. The van der Waals surface area contributed by atoms with Crippen molar-refractivity contribution in [1.29, 1.82) is 0 Å². The molecule has 2 atom stereocenters. The number of oxazole rings is 1. The first kappa shape index (κ1) is 17.9. The predicted molar refractivity (Wildman–Crippen MR) is 97.8 cm³/mol. The van der Waals surface area contributed by atoms with E-state index < -0.39 is 0 Å². The summed E-state index contributed by atoms with van der Waals surface area (Å²) in [6.45, 7) is 11.0. The van der Waals surface area contributed by atoms with Crippen LogP contribution in [0.15, 0.2) is 22.7 Å². The van der Waals surface area contributed by atoms with Crippen molar-refractivity contribution in [2.45, 2.75) is 53.0 Å². The van der Waals surface area contributed by atoms with E-state index in [1.54, 1.807) is 6.20 Å². The monoisotopic (exact) mass is 343 g/mol. The summed E-state index contributed by atoms with van der Waals surface area (Å²) in [7, 11) is 0. The van der Waals surface area contributed by atoms with Crippen molar-refractivity contribution < 1.29 is 9.15 Å². The highest BCUT2D eigenvalue weighted by Crippen LogP contribution is 2.29. The number of hydrogen-bond donors (Lipinski definition) is 0. The van der Waals surface area contributed by atoms with Crippen LogP contribution in [0, 0.1) is 19.8 Å². The minimum Gasteiger partial charge on any atom is -0.464 e. The number of aromatic nitrogens is 2. The summed E-state index contributed by atoms with van der Waals surface area (Å²) < 4.78 is 11.1. The maximum Gasteiger partial charge on any atom is 0.305 e. The number of aryl methyl sites for hydroxylation is 2. The third-order valence-corrected chi connectivity index (χ3v) is 4.91. The van der Waals surface area contributed by atoms with Gasteiger partial charge in [0, 0.05) is 17.9 Å². The second kappa shape index (κ2) is 8.00. The lowest BCUT2D eigenvalue weighted by molar-refractivity contribution is 0.111. The Hall–Kier alpha value is -1.88. The zero-order chi connectivity index (χ0) is 17.8. The summed E-state index contributed by atoms with van der Waals surface area (Å²) in [5.41, 5.74) is 3.62. The van der Waals surface area contributed by atoms with Gasteiger partial charge in [0.25, 0.3) is 0 Å². The molecule has 0 radical (unpaired) electrons. The maximum atomic E-state index is 5.74. The average molecular weight is 343 g/mol. The number of likely N-dealkylation sites (tertiary alicyclic amines) is 1. The van der Waals surface area contributed by atoms with Gasteiger partial charge in [0.2, 0.25) is 5.89 Å². The van der Waals surface area contributed by atoms with Crippen molar-refractivity contribution in [3.05, 3.63) is 41.2 Å². The molecule has 3 rings (SSSR count). The van der Waals surface area contributed by atoms with E-state index >= 15 is 0 Å². The highest BCUT2D eigenvalue weighted by atomic mass is 16.6. The number of pyridine rings is 1. The third-order valence-electron chi connectivity index (χ3n) is 4.91. The molecule has 0 aliphatic carbocycles. The van der Waals surface area contributed by atoms with Crippen molar-refractivity contribution in [3.8, 4) is 5.95 Å². The molecule has 0 saturated carbocycles. The van der Waals surface area contributed by atoms with Crippen LogP contribution in [0.4, 0.5) is 0 Å². The lowest BCUT2D eigenvalue weighted by atomic mass is 9.90. The number of nitrogens with zero attached hydrogens (tertiary/aromatic N) is 3. The van der Waals surface area contributed by atoms with E-state index in [2.05, 4.69) is 47.8 Å². The van der Waals surface area contributed by atoms with Crippen LogP contribution in [-0.2, 0) is 6.42 Å². The minimum atomic E-state index is 0.179. The summed E-state index contributed by atoms with van der Waals surface area (Å²) in [6, 6.07) is 4.62. The number of hydrogen-bond acceptors (Lipinski definition) is 5. The Morgan fingerprint density at radius 1 is 1.32 bits per heavy atom. The highest BCUT2D eigenvalue weighted by molar-refractivity contribution is 5.21. The van der Waals surface area contributed by atoms with Crippen LogP contribution in [0.2, 0.25) is 0 Å². The van der Waals surface area contributed by atoms with Crippen LogP contribution < -0.4 is 4.74 Å². The summed E-state index contributed by atoms with van der Waals surface area (Å²) in [4.78, 5) is 11.4. The van der Waals surface area contributed by atoms with Crippen molar-refractivity contribution in [3.63, 3.8) is 0 Å². The lowest BCUT2D eigenvalue weighted by Gasteiger charge is -2.35. The van der Waals surface area contributed by atoms with Crippen LogP contribution in [0.5, 0.6) is 5.95 Å². The molecule has 5 heteroatoms. The van der Waals surface area contributed by atoms with Gasteiger partial charge < -0.3 is 9.15 Å². The SMILES string of the molecule is CCOc1cnc(C(C)N2CCC[C@H](Cc3cc(C)nc(C)c3)C2)o1. The number of ether oxygens (including phenoxy) is 1. The van der Waals surface area contributed by atoms with Crippen LogP contribution in [0.3, 0.4) is 0 Å². The molecule has 0 bridgehead atoms. The van der Waals surface area contributed by atoms with Gasteiger partial charge in [-0.25, -0.2) is 4.98 Å². The summed E-state index contributed by atoms with van der Waals surface area (Å²) in [6.07, 6.45) is 5.29. The van der Waals surface area contributed by atoms with Crippen LogP contribution >= 0.6 is 0 Å². The van der Waals surface area contributed by atoms with Gasteiger partial charge in [-0.1, -0.05) is 0 Å². The molecule has 0 amide bonds. The highest BCUT2D eigenvalue weighted by Gasteiger charge is 2.27. The average Bonchev–Trinajstić information content (AvgIpc) is 3.02.